The van der Waals surface area contributed by atoms with Crippen molar-refractivity contribution in [3.8, 4) is 11.5 Å². The average Bonchev–Trinajstić information content (AvgIpc) is 2.53. The Morgan fingerprint density at radius 3 is 2.23 bits per heavy atom. The molecule has 0 aromatic heterocycles. The number of ether oxygens (including phenoxy) is 2. The summed E-state index contributed by atoms with van der Waals surface area (Å²) in [6.07, 6.45) is 0. The Labute approximate surface area is 138 Å². The lowest BCUT2D eigenvalue weighted by Gasteiger charge is -2.11. The number of hydrogen-bond acceptors (Lipinski definition) is 4. The van der Waals surface area contributed by atoms with Crippen LogP contribution in [-0.4, -0.2) is 19.7 Å². The summed E-state index contributed by atoms with van der Waals surface area (Å²) >= 11 is 12.0. The second-order valence-corrected chi connectivity index (χ2v) is 6.79. The molecule has 116 valence electrons. The quantitative estimate of drug-likeness (QED) is 0.757. The van der Waals surface area contributed by atoms with E-state index >= 15 is 0 Å². The minimum Gasteiger partial charge on any atom is -0.497 e. The molecule has 0 N–H and O–H groups in total. The summed E-state index contributed by atoms with van der Waals surface area (Å²) in [5.74, 6) is 0.860. The first-order valence-electron chi connectivity index (χ1n) is 6.24. The summed E-state index contributed by atoms with van der Waals surface area (Å²) in [5, 5.41) is 0.640. The van der Waals surface area contributed by atoms with Gasteiger partial charge in [-0.3, -0.25) is 4.79 Å². The SMILES string of the molecule is COc1ccc([PH](=O)C(=O)c2c(Cl)cccc2Cl)c(OC)c1. The van der Waals surface area contributed by atoms with Crippen molar-refractivity contribution in [1.82, 2.24) is 0 Å². The summed E-state index contributed by atoms with van der Waals surface area (Å²) in [7, 11) is 0.0909. The van der Waals surface area contributed by atoms with E-state index in [4.69, 9.17) is 32.7 Å². The maximum Gasteiger partial charge on any atom is 0.225 e. The van der Waals surface area contributed by atoms with Gasteiger partial charge in [0.25, 0.3) is 0 Å². The molecule has 0 heterocycles. The van der Waals surface area contributed by atoms with E-state index in [2.05, 4.69) is 0 Å². The molecule has 22 heavy (non-hydrogen) atoms. The summed E-state index contributed by atoms with van der Waals surface area (Å²) in [6.45, 7) is 0. The topological polar surface area (TPSA) is 52.6 Å². The molecule has 0 bridgehead atoms. The normalized spacial score (nSPS) is 11.8. The average molecular weight is 359 g/mol. The molecule has 4 nitrogen and oxygen atoms in total. The van der Waals surface area contributed by atoms with Gasteiger partial charge in [0, 0.05) is 6.07 Å². The molecule has 0 fully saturated rings. The van der Waals surface area contributed by atoms with Gasteiger partial charge in [0.1, 0.15) is 11.5 Å². The highest BCUT2D eigenvalue weighted by molar-refractivity contribution is 7.71. The zero-order valence-corrected chi connectivity index (χ0v) is 14.4. The Morgan fingerprint density at radius 1 is 1.05 bits per heavy atom. The predicted molar refractivity (Wildman–Crippen MR) is 89.0 cm³/mol. The third-order valence-electron chi connectivity index (χ3n) is 3.05. The summed E-state index contributed by atoms with van der Waals surface area (Å²) < 4.78 is 22.9. The van der Waals surface area contributed by atoms with Crippen molar-refractivity contribution in [3.05, 3.63) is 52.0 Å². The van der Waals surface area contributed by atoms with Crippen LogP contribution in [0.5, 0.6) is 11.5 Å². The van der Waals surface area contributed by atoms with Crippen molar-refractivity contribution in [2.75, 3.05) is 14.2 Å². The molecule has 0 aliphatic heterocycles. The van der Waals surface area contributed by atoms with Gasteiger partial charge in [-0.25, -0.2) is 0 Å². The maximum absolute atomic E-state index is 12.6. The monoisotopic (exact) mass is 358 g/mol. The lowest BCUT2D eigenvalue weighted by Crippen LogP contribution is -2.08. The lowest BCUT2D eigenvalue weighted by atomic mass is 10.2. The van der Waals surface area contributed by atoms with Gasteiger partial charge in [-0.15, -0.1) is 0 Å². The highest BCUT2D eigenvalue weighted by Crippen LogP contribution is 2.37. The Balaban J connectivity index is 2.46. The first-order chi connectivity index (χ1) is 10.5. The first kappa shape index (κ1) is 16.9. The molecule has 0 saturated heterocycles. The molecular formula is C15H13Cl2O4P. The molecule has 2 rings (SSSR count). The highest BCUT2D eigenvalue weighted by Gasteiger charge is 2.24. The standard InChI is InChI=1S/C15H13Cl2O4P/c1-20-9-6-7-13(12(8-9)21-2)22(19)15(18)14-10(16)4-3-5-11(14)17/h3-8,22H,1-2H3. The zero-order chi connectivity index (χ0) is 16.3. The van der Waals surface area contributed by atoms with Crippen molar-refractivity contribution >= 4 is 41.8 Å². The Morgan fingerprint density at radius 2 is 1.68 bits per heavy atom. The molecule has 7 heteroatoms. The van der Waals surface area contributed by atoms with Crippen molar-refractivity contribution in [3.63, 3.8) is 0 Å². The van der Waals surface area contributed by atoms with Gasteiger partial charge >= 0.3 is 0 Å². The van der Waals surface area contributed by atoms with Crippen LogP contribution in [0.15, 0.2) is 36.4 Å². The number of methoxy groups -OCH3 is 2. The van der Waals surface area contributed by atoms with Gasteiger partial charge in [0.2, 0.25) is 5.52 Å². The molecule has 0 amide bonds. The molecule has 0 aliphatic rings. The van der Waals surface area contributed by atoms with Crippen LogP contribution in [0, 0.1) is 0 Å². The lowest BCUT2D eigenvalue weighted by molar-refractivity contribution is 0.108. The fourth-order valence-corrected chi connectivity index (χ4v) is 4.04. The molecule has 0 spiro atoms. The second kappa shape index (κ2) is 7.19. The summed E-state index contributed by atoms with van der Waals surface area (Å²) in [4.78, 5) is 12.5. The minimum atomic E-state index is -2.85. The number of benzene rings is 2. The smallest absolute Gasteiger partial charge is 0.225 e. The molecule has 0 aliphatic carbocycles. The van der Waals surface area contributed by atoms with Crippen LogP contribution in [0.3, 0.4) is 0 Å². The third kappa shape index (κ3) is 3.30. The van der Waals surface area contributed by atoms with E-state index in [1.54, 1.807) is 24.3 Å². The van der Waals surface area contributed by atoms with E-state index in [0.29, 0.717) is 16.8 Å². The van der Waals surface area contributed by atoms with Crippen LogP contribution < -0.4 is 14.8 Å². The van der Waals surface area contributed by atoms with Crippen LogP contribution in [-0.2, 0) is 4.57 Å². The van der Waals surface area contributed by atoms with Gasteiger partial charge in [-0.1, -0.05) is 29.3 Å². The van der Waals surface area contributed by atoms with E-state index in [1.807, 2.05) is 0 Å². The summed E-state index contributed by atoms with van der Waals surface area (Å²) in [6, 6.07) is 9.40. The second-order valence-electron chi connectivity index (χ2n) is 4.32. The molecule has 0 radical (unpaired) electrons. The zero-order valence-electron chi connectivity index (χ0n) is 11.9. The van der Waals surface area contributed by atoms with Gasteiger partial charge in [-0.2, -0.15) is 0 Å². The largest absolute Gasteiger partial charge is 0.497 e. The molecule has 1 unspecified atom stereocenters. The molecule has 0 saturated carbocycles. The van der Waals surface area contributed by atoms with E-state index < -0.39 is 13.3 Å². The van der Waals surface area contributed by atoms with E-state index in [-0.39, 0.29) is 15.6 Å². The van der Waals surface area contributed by atoms with Gasteiger partial charge in [-0.05, 0) is 24.3 Å². The van der Waals surface area contributed by atoms with Gasteiger partial charge in [0.05, 0.1) is 35.1 Å². The first-order valence-corrected chi connectivity index (χ1v) is 8.41. The minimum absolute atomic E-state index is 0.0626. The number of hydrogen-bond donors (Lipinski definition) is 0. The molecule has 2 aromatic rings. The number of rotatable bonds is 5. The predicted octanol–water partition coefficient (Wildman–Crippen LogP) is 4.04. The van der Waals surface area contributed by atoms with Crippen LogP contribution in [0.25, 0.3) is 0 Å². The van der Waals surface area contributed by atoms with Crippen molar-refractivity contribution in [2.24, 2.45) is 0 Å². The van der Waals surface area contributed by atoms with Gasteiger partial charge < -0.3 is 14.0 Å². The Bertz CT molecular complexity index is 726. The van der Waals surface area contributed by atoms with Gasteiger partial charge in [0.15, 0.2) is 7.80 Å². The summed E-state index contributed by atoms with van der Waals surface area (Å²) in [5.41, 5.74) is -0.545. The van der Waals surface area contributed by atoms with E-state index in [9.17, 15) is 9.36 Å². The number of halogens is 2. The maximum atomic E-state index is 12.6. The van der Waals surface area contributed by atoms with E-state index in [0.717, 1.165) is 0 Å². The van der Waals surface area contributed by atoms with Crippen LogP contribution >= 0.6 is 31.0 Å². The molecule has 2 aromatic carbocycles. The van der Waals surface area contributed by atoms with Crippen molar-refractivity contribution in [1.29, 1.82) is 0 Å². The fourth-order valence-electron chi connectivity index (χ4n) is 1.94. The third-order valence-corrected chi connectivity index (χ3v) is 5.24. The number of carbonyl (C=O) groups excluding carboxylic acids is 1. The Hall–Kier alpha value is -1.48. The van der Waals surface area contributed by atoms with Crippen LogP contribution in [0.4, 0.5) is 0 Å². The van der Waals surface area contributed by atoms with Crippen molar-refractivity contribution < 1.29 is 18.8 Å². The fraction of sp³-hybridized carbons (Fsp3) is 0.133. The van der Waals surface area contributed by atoms with Crippen LogP contribution in [0.1, 0.15) is 10.4 Å². The van der Waals surface area contributed by atoms with E-state index in [1.165, 1.54) is 26.4 Å². The van der Waals surface area contributed by atoms with Crippen molar-refractivity contribution in [2.45, 2.75) is 0 Å². The Kier molecular flexibility index (Phi) is 5.52. The number of carbonyl (C=O) groups is 1. The highest BCUT2D eigenvalue weighted by atomic mass is 35.5. The molecular weight excluding hydrogens is 346 g/mol. The molecule has 1 atom stereocenters. The van der Waals surface area contributed by atoms with Crippen LogP contribution in [0.2, 0.25) is 10.0 Å².